The zero-order valence-electron chi connectivity index (χ0n) is 11.3. The van der Waals surface area contributed by atoms with Crippen molar-refractivity contribution in [3.8, 4) is 0 Å². The van der Waals surface area contributed by atoms with Crippen LogP contribution in [0.25, 0.3) is 5.65 Å². The van der Waals surface area contributed by atoms with Gasteiger partial charge in [-0.15, -0.1) is 0 Å². The number of nitrogen functional groups attached to an aromatic ring is 1. The average Bonchev–Trinajstić information content (AvgIpc) is 2.80. The lowest BCUT2D eigenvalue weighted by atomic mass is 10.5. The fraction of sp³-hybridized carbons (Fsp3) is 0.500. The minimum Gasteiger partial charge on any atom is -0.382 e. The highest BCUT2D eigenvalue weighted by molar-refractivity contribution is 5.64. The van der Waals surface area contributed by atoms with E-state index in [4.69, 9.17) is 10.5 Å². The summed E-state index contributed by atoms with van der Waals surface area (Å²) in [6.07, 6.45) is 5.29. The molecule has 3 N–H and O–H groups in total. The van der Waals surface area contributed by atoms with Crippen LogP contribution >= 0.6 is 0 Å². The van der Waals surface area contributed by atoms with Gasteiger partial charge >= 0.3 is 0 Å². The Morgan fingerprint density at radius 1 is 1.42 bits per heavy atom. The molecule has 19 heavy (non-hydrogen) atoms. The molecule has 0 saturated heterocycles. The van der Waals surface area contributed by atoms with E-state index in [-0.39, 0.29) is 0 Å². The number of nitrogens with zero attached hydrogens (tertiary/aromatic N) is 4. The summed E-state index contributed by atoms with van der Waals surface area (Å²) in [6.45, 7) is 2.93. The molecule has 0 spiro atoms. The molecule has 0 bridgehead atoms. The summed E-state index contributed by atoms with van der Waals surface area (Å²) in [5.41, 5.74) is 6.50. The molecule has 0 amide bonds. The Kier molecular flexibility index (Phi) is 4.53. The van der Waals surface area contributed by atoms with Gasteiger partial charge < -0.3 is 25.1 Å². The van der Waals surface area contributed by atoms with Gasteiger partial charge in [-0.25, -0.2) is 9.97 Å². The molecule has 0 aliphatic rings. The number of nitrogens with one attached hydrogen (secondary N) is 1. The van der Waals surface area contributed by atoms with E-state index in [0.29, 0.717) is 24.8 Å². The van der Waals surface area contributed by atoms with E-state index >= 15 is 0 Å². The second kappa shape index (κ2) is 6.35. The Balaban J connectivity index is 1.83. The number of rotatable bonds is 7. The van der Waals surface area contributed by atoms with E-state index in [2.05, 4.69) is 20.2 Å². The third-order valence-electron chi connectivity index (χ3n) is 2.61. The van der Waals surface area contributed by atoms with E-state index < -0.39 is 0 Å². The molecular weight excluding hydrogens is 244 g/mol. The summed E-state index contributed by atoms with van der Waals surface area (Å²) in [4.78, 5) is 10.6. The molecule has 7 heteroatoms. The normalized spacial score (nSPS) is 11.3. The molecule has 2 rings (SSSR count). The topological polar surface area (TPSA) is 80.7 Å². The van der Waals surface area contributed by atoms with Gasteiger partial charge in [0.05, 0.1) is 19.4 Å². The van der Waals surface area contributed by atoms with E-state index in [1.807, 2.05) is 24.7 Å². The summed E-state index contributed by atoms with van der Waals surface area (Å²) in [7, 11) is 4.04. The Morgan fingerprint density at radius 3 is 3.05 bits per heavy atom. The Morgan fingerprint density at radius 2 is 2.26 bits per heavy atom. The summed E-state index contributed by atoms with van der Waals surface area (Å²) in [5.74, 6) is 1.14. The molecule has 0 atom stereocenters. The van der Waals surface area contributed by atoms with Crippen LogP contribution in [0.4, 0.5) is 11.6 Å². The van der Waals surface area contributed by atoms with Gasteiger partial charge in [-0.2, -0.15) is 0 Å². The number of nitrogens with two attached hydrogens (primary N) is 1. The van der Waals surface area contributed by atoms with Gasteiger partial charge in [-0.3, -0.25) is 0 Å². The number of ether oxygens (including phenoxy) is 1. The van der Waals surface area contributed by atoms with E-state index in [0.717, 1.165) is 18.8 Å². The van der Waals surface area contributed by atoms with Gasteiger partial charge in [-0.1, -0.05) is 0 Å². The van der Waals surface area contributed by atoms with E-state index in [1.54, 1.807) is 12.4 Å². The Labute approximate surface area is 112 Å². The second-order valence-corrected chi connectivity index (χ2v) is 4.51. The highest BCUT2D eigenvalue weighted by Crippen LogP contribution is 2.13. The smallest absolute Gasteiger partial charge is 0.180 e. The first kappa shape index (κ1) is 13.6. The molecule has 0 aliphatic heterocycles. The number of anilines is 2. The molecule has 0 aromatic carbocycles. The molecule has 2 aromatic rings. The summed E-state index contributed by atoms with van der Waals surface area (Å²) >= 11 is 0. The van der Waals surface area contributed by atoms with Crippen molar-refractivity contribution in [2.75, 3.05) is 51.4 Å². The number of aromatic nitrogens is 3. The first-order valence-corrected chi connectivity index (χ1v) is 6.22. The van der Waals surface area contributed by atoms with E-state index in [1.165, 1.54) is 0 Å². The van der Waals surface area contributed by atoms with Crippen molar-refractivity contribution < 1.29 is 4.74 Å². The molecule has 0 fully saturated rings. The molecule has 2 aromatic heterocycles. The lowest BCUT2D eigenvalue weighted by molar-refractivity contribution is 0.126. The SMILES string of the molecule is CN(C)CCOCCNc1nc(N)cn2ccnc12. The first-order chi connectivity index (χ1) is 9.16. The fourth-order valence-corrected chi connectivity index (χ4v) is 1.66. The monoisotopic (exact) mass is 264 g/mol. The van der Waals surface area contributed by atoms with Gasteiger partial charge in [0.25, 0.3) is 0 Å². The predicted octanol–water partition coefficient (Wildman–Crippen LogP) is 0.302. The van der Waals surface area contributed by atoms with Crippen LogP contribution in [-0.4, -0.2) is 59.7 Å². The molecule has 104 valence electrons. The third kappa shape index (κ3) is 3.80. The third-order valence-corrected chi connectivity index (χ3v) is 2.61. The number of fused-ring (bicyclic) bond motifs is 1. The van der Waals surface area contributed by atoms with Crippen LogP contribution in [0.3, 0.4) is 0 Å². The quantitative estimate of drug-likeness (QED) is 0.700. The summed E-state index contributed by atoms with van der Waals surface area (Å²) in [5, 5.41) is 3.19. The highest BCUT2D eigenvalue weighted by Gasteiger charge is 2.05. The molecule has 0 radical (unpaired) electrons. The van der Waals surface area contributed by atoms with Gasteiger partial charge in [0.15, 0.2) is 11.5 Å². The van der Waals surface area contributed by atoms with Crippen molar-refractivity contribution in [3.05, 3.63) is 18.6 Å². The molecule has 2 heterocycles. The molecule has 0 saturated carbocycles. The van der Waals surface area contributed by atoms with Crippen LogP contribution in [0, 0.1) is 0 Å². The van der Waals surface area contributed by atoms with Gasteiger partial charge in [-0.05, 0) is 14.1 Å². The van der Waals surface area contributed by atoms with Crippen molar-refractivity contribution in [2.45, 2.75) is 0 Å². The minimum atomic E-state index is 0.460. The Bertz CT molecular complexity index is 524. The zero-order chi connectivity index (χ0) is 13.7. The van der Waals surface area contributed by atoms with Crippen molar-refractivity contribution in [1.82, 2.24) is 19.3 Å². The minimum absolute atomic E-state index is 0.460. The van der Waals surface area contributed by atoms with Gasteiger partial charge in [0, 0.05) is 25.5 Å². The maximum Gasteiger partial charge on any atom is 0.180 e. The van der Waals surface area contributed by atoms with Crippen LogP contribution in [-0.2, 0) is 4.74 Å². The molecular formula is C12H20N6O. The number of imidazole rings is 1. The van der Waals surface area contributed by atoms with Crippen molar-refractivity contribution in [1.29, 1.82) is 0 Å². The maximum absolute atomic E-state index is 5.73. The number of likely N-dealkylation sites (N-methyl/N-ethyl adjacent to an activating group) is 1. The van der Waals surface area contributed by atoms with Crippen molar-refractivity contribution >= 4 is 17.3 Å². The predicted molar refractivity (Wildman–Crippen MR) is 75.3 cm³/mol. The van der Waals surface area contributed by atoms with Crippen LogP contribution in [0.15, 0.2) is 18.6 Å². The van der Waals surface area contributed by atoms with E-state index in [9.17, 15) is 0 Å². The summed E-state index contributed by atoms with van der Waals surface area (Å²) < 4.78 is 7.34. The molecule has 0 aliphatic carbocycles. The lowest BCUT2D eigenvalue weighted by Gasteiger charge is -2.11. The standard InChI is InChI=1S/C12H20N6O/c1-17(2)6-8-19-7-4-14-11-12-15-3-5-18(12)9-10(13)16-11/h3,5,9H,4,6-8,13H2,1-2H3,(H,14,16). The van der Waals surface area contributed by atoms with Crippen LogP contribution in [0.5, 0.6) is 0 Å². The first-order valence-electron chi connectivity index (χ1n) is 6.22. The lowest BCUT2D eigenvalue weighted by Crippen LogP contribution is -2.20. The Hall–Kier alpha value is -1.86. The van der Waals surface area contributed by atoms with Gasteiger partial charge in [0.2, 0.25) is 0 Å². The highest BCUT2D eigenvalue weighted by atomic mass is 16.5. The van der Waals surface area contributed by atoms with Crippen LogP contribution in [0.1, 0.15) is 0 Å². The zero-order valence-corrected chi connectivity index (χ0v) is 11.3. The van der Waals surface area contributed by atoms with Crippen molar-refractivity contribution in [2.24, 2.45) is 0 Å². The maximum atomic E-state index is 5.73. The molecule has 0 unspecified atom stereocenters. The largest absolute Gasteiger partial charge is 0.382 e. The fourth-order valence-electron chi connectivity index (χ4n) is 1.66. The number of hydrogen-bond donors (Lipinski definition) is 2. The second-order valence-electron chi connectivity index (χ2n) is 4.51. The summed E-state index contributed by atoms with van der Waals surface area (Å²) in [6, 6.07) is 0. The van der Waals surface area contributed by atoms with Crippen molar-refractivity contribution in [3.63, 3.8) is 0 Å². The van der Waals surface area contributed by atoms with Gasteiger partial charge in [0.1, 0.15) is 5.82 Å². The average molecular weight is 264 g/mol. The number of hydrogen-bond acceptors (Lipinski definition) is 6. The molecule has 7 nitrogen and oxygen atoms in total. The van der Waals surface area contributed by atoms with Crippen LogP contribution < -0.4 is 11.1 Å². The van der Waals surface area contributed by atoms with Crippen LogP contribution in [0.2, 0.25) is 0 Å².